The number of para-hydroxylation sites is 1. The van der Waals surface area contributed by atoms with Gasteiger partial charge in [0.1, 0.15) is 23.2 Å². The van der Waals surface area contributed by atoms with Crippen molar-refractivity contribution >= 4 is 33.6 Å². The highest BCUT2D eigenvalue weighted by molar-refractivity contribution is 6.24. The van der Waals surface area contributed by atoms with Crippen LogP contribution in [0, 0.1) is 0 Å². The first-order valence-electron chi connectivity index (χ1n) is 16.5. The van der Waals surface area contributed by atoms with E-state index in [1.165, 1.54) is 16.7 Å². The Kier molecular flexibility index (Phi) is 7.17. The summed E-state index contributed by atoms with van der Waals surface area (Å²) in [5.74, 6) is 1.43. The van der Waals surface area contributed by atoms with E-state index in [1.54, 1.807) is 0 Å². The fourth-order valence-corrected chi connectivity index (χ4v) is 6.73. The summed E-state index contributed by atoms with van der Waals surface area (Å²) >= 11 is 0. The summed E-state index contributed by atoms with van der Waals surface area (Å²) in [6.07, 6.45) is -0.334. The van der Waals surface area contributed by atoms with E-state index in [4.69, 9.17) is 14.4 Å². The lowest BCUT2D eigenvalue weighted by molar-refractivity contribution is 0.668. The molecule has 1 N–H and O–H groups in total. The number of nitrogens with one attached hydrogen (secondary N) is 1. The van der Waals surface area contributed by atoms with E-state index in [2.05, 4.69) is 151 Å². The molecule has 2 heterocycles. The second kappa shape index (κ2) is 12.3. The topological polar surface area (TPSA) is 49.9 Å². The quantitative estimate of drug-likeness (QED) is 0.199. The highest BCUT2D eigenvalue weighted by Crippen LogP contribution is 2.39. The van der Waals surface area contributed by atoms with E-state index >= 15 is 0 Å². The summed E-state index contributed by atoms with van der Waals surface area (Å²) in [6.45, 7) is 0. The van der Waals surface area contributed by atoms with Crippen molar-refractivity contribution < 1.29 is 4.42 Å². The summed E-state index contributed by atoms with van der Waals surface area (Å²) in [7, 11) is 0. The van der Waals surface area contributed by atoms with Crippen LogP contribution in [-0.4, -0.2) is 11.7 Å². The molecular formula is C45H31N3O. The molecule has 232 valence electrons. The van der Waals surface area contributed by atoms with Crippen LogP contribution in [0.15, 0.2) is 190 Å². The largest absolute Gasteiger partial charge is 0.456 e. The molecule has 1 aliphatic rings. The fourth-order valence-electron chi connectivity index (χ4n) is 6.73. The van der Waals surface area contributed by atoms with Crippen LogP contribution in [0.3, 0.4) is 0 Å². The lowest BCUT2D eigenvalue weighted by Gasteiger charge is -2.25. The minimum absolute atomic E-state index is 0.334. The van der Waals surface area contributed by atoms with Crippen LogP contribution >= 0.6 is 0 Å². The fraction of sp³-hybridized carbons (Fsp3) is 0.0222. The van der Waals surface area contributed by atoms with Gasteiger partial charge in [0.2, 0.25) is 0 Å². The summed E-state index contributed by atoms with van der Waals surface area (Å²) < 4.78 is 6.41. The first-order chi connectivity index (χ1) is 24.3. The first kappa shape index (κ1) is 28.7. The zero-order valence-corrected chi connectivity index (χ0v) is 26.6. The van der Waals surface area contributed by atoms with Gasteiger partial charge in [-0.25, -0.2) is 9.98 Å². The van der Waals surface area contributed by atoms with Crippen molar-refractivity contribution in [3.05, 3.63) is 193 Å². The molecule has 0 spiro atoms. The van der Waals surface area contributed by atoms with Gasteiger partial charge in [-0.3, -0.25) is 0 Å². The minimum atomic E-state index is -0.334. The minimum Gasteiger partial charge on any atom is -0.456 e. The predicted molar refractivity (Wildman–Crippen MR) is 202 cm³/mol. The Balaban J connectivity index is 1.24. The van der Waals surface area contributed by atoms with E-state index in [1.807, 2.05) is 30.3 Å². The molecule has 0 saturated carbocycles. The van der Waals surface area contributed by atoms with Gasteiger partial charge in [0.15, 0.2) is 5.84 Å². The Hall–Kier alpha value is -6.52. The third-order valence-electron chi connectivity index (χ3n) is 9.19. The van der Waals surface area contributed by atoms with E-state index in [0.29, 0.717) is 5.84 Å². The van der Waals surface area contributed by atoms with Crippen molar-refractivity contribution in [3.63, 3.8) is 0 Å². The van der Waals surface area contributed by atoms with Crippen LogP contribution in [0.2, 0.25) is 0 Å². The van der Waals surface area contributed by atoms with Crippen LogP contribution in [-0.2, 0) is 0 Å². The molecule has 0 aliphatic carbocycles. The zero-order valence-electron chi connectivity index (χ0n) is 26.6. The molecule has 0 bridgehead atoms. The van der Waals surface area contributed by atoms with Gasteiger partial charge in [-0.2, -0.15) is 0 Å². The third-order valence-corrected chi connectivity index (χ3v) is 9.19. The Labute approximate surface area is 284 Å². The molecule has 1 unspecified atom stereocenters. The summed E-state index contributed by atoms with van der Waals surface area (Å²) in [5.41, 5.74) is 11.5. The lowest BCUT2D eigenvalue weighted by Crippen LogP contribution is -2.33. The van der Waals surface area contributed by atoms with Crippen LogP contribution in [0.4, 0.5) is 0 Å². The lowest BCUT2D eigenvalue weighted by atomic mass is 9.93. The number of hydrogen-bond acceptors (Lipinski definition) is 4. The molecule has 8 aromatic rings. The maximum absolute atomic E-state index is 6.41. The SMILES string of the molecule is c1ccc(-c2ccc(C3=NC(c4c(-c5ccc(-c6ccccc6)cc5)ccc5oc6ccccc6c45)=NC(c4ccccc4)N3)cc2)cc1. The molecule has 49 heavy (non-hydrogen) atoms. The van der Waals surface area contributed by atoms with E-state index in [9.17, 15) is 0 Å². The van der Waals surface area contributed by atoms with Crippen molar-refractivity contribution in [3.8, 4) is 33.4 Å². The molecule has 1 atom stereocenters. The van der Waals surface area contributed by atoms with Gasteiger partial charge in [0, 0.05) is 21.9 Å². The summed E-state index contributed by atoms with van der Waals surface area (Å²) in [6, 6.07) is 61.0. The highest BCUT2D eigenvalue weighted by atomic mass is 16.3. The van der Waals surface area contributed by atoms with Gasteiger partial charge in [-0.1, -0.05) is 158 Å². The maximum atomic E-state index is 6.41. The second-order valence-electron chi connectivity index (χ2n) is 12.2. The van der Waals surface area contributed by atoms with Crippen LogP contribution < -0.4 is 5.32 Å². The van der Waals surface area contributed by atoms with E-state index < -0.39 is 0 Å². The van der Waals surface area contributed by atoms with Crippen LogP contribution in [0.25, 0.3) is 55.3 Å². The van der Waals surface area contributed by atoms with Gasteiger partial charge in [-0.05, 0) is 57.1 Å². The van der Waals surface area contributed by atoms with Crippen molar-refractivity contribution in [1.29, 1.82) is 0 Å². The maximum Gasteiger partial charge on any atom is 0.160 e. The van der Waals surface area contributed by atoms with Gasteiger partial charge >= 0.3 is 0 Å². The van der Waals surface area contributed by atoms with Gasteiger partial charge in [0.05, 0.1) is 0 Å². The number of amidine groups is 2. The molecule has 9 rings (SSSR count). The number of benzene rings is 7. The monoisotopic (exact) mass is 629 g/mol. The molecule has 7 aromatic carbocycles. The normalized spacial score (nSPS) is 14.3. The van der Waals surface area contributed by atoms with E-state index in [0.717, 1.165) is 61.2 Å². The molecular weight excluding hydrogens is 599 g/mol. The number of aliphatic imine (C=N–C) groups is 2. The number of hydrogen-bond donors (Lipinski definition) is 1. The molecule has 0 amide bonds. The van der Waals surface area contributed by atoms with Gasteiger partial charge < -0.3 is 9.73 Å². The van der Waals surface area contributed by atoms with Crippen molar-refractivity contribution in [2.24, 2.45) is 9.98 Å². The average Bonchev–Trinajstić information content (AvgIpc) is 3.57. The zero-order chi connectivity index (χ0) is 32.6. The molecule has 1 aliphatic heterocycles. The Morgan fingerprint density at radius 1 is 0.449 bits per heavy atom. The molecule has 1 aromatic heterocycles. The van der Waals surface area contributed by atoms with Crippen LogP contribution in [0.1, 0.15) is 22.9 Å². The second-order valence-corrected chi connectivity index (χ2v) is 12.2. The molecule has 4 heteroatoms. The van der Waals surface area contributed by atoms with Gasteiger partial charge in [0.25, 0.3) is 0 Å². The first-order valence-corrected chi connectivity index (χ1v) is 16.5. The van der Waals surface area contributed by atoms with Crippen molar-refractivity contribution in [2.75, 3.05) is 0 Å². The van der Waals surface area contributed by atoms with Crippen molar-refractivity contribution in [2.45, 2.75) is 6.17 Å². The Bertz CT molecular complexity index is 2480. The average molecular weight is 630 g/mol. The number of rotatable bonds is 6. The van der Waals surface area contributed by atoms with Crippen LogP contribution in [0.5, 0.6) is 0 Å². The molecule has 0 fully saturated rings. The number of fused-ring (bicyclic) bond motifs is 3. The van der Waals surface area contributed by atoms with Gasteiger partial charge in [-0.15, -0.1) is 0 Å². The molecule has 0 radical (unpaired) electrons. The Morgan fingerprint density at radius 2 is 0.980 bits per heavy atom. The predicted octanol–water partition coefficient (Wildman–Crippen LogP) is 11.1. The Morgan fingerprint density at radius 3 is 1.63 bits per heavy atom. The third kappa shape index (κ3) is 5.39. The molecule has 4 nitrogen and oxygen atoms in total. The smallest absolute Gasteiger partial charge is 0.160 e. The highest BCUT2D eigenvalue weighted by Gasteiger charge is 2.26. The summed E-state index contributed by atoms with van der Waals surface area (Å²) in [4.78, 5) is 10.6. The number of furan rings is 1. The van der Waals surface area contributed by atoms with E-state index in [-0.39, 0.29) is 6.17 Å². The van der Waals surface area contributed by atoms with Crippen molar-refractivity contribution in [1.82, 2.24) is 5.32 Å². The number of nitrogens with zero attached hydrogens (tertiary/aromatic N) is 2. The summed E-state index contributed by atoms with van der Waals surface area (Å²) in [5, 5.41) is 5.70. The standard InChI is InChI=1S/C45H31N3O/c1-4-12-30(13-5-1)32-20-24-34(25-21-32)37-28-29-40-41(38-18-10-11-19-39(38)49-40)42(37)45-47-43(35-16-8-3-9-17-35)46-44(48-45)36-26-22-33(23-27-36)31-14-6-2-7-15-31/h1-29,43H,(H,46,47,48). The molecule has 0 saturated heterocycles.